The van der Waals surface area contributed by atoms with Crippen LogP contribution in [0.1, 0.15) is 47.4 Å². The van der Waals surface area contributed by atoms with Crippen LogP contribution in [0.3, 0.4) is 0 Å². The van der Waals surface area contributed by atoms with E-state index in [1.807, 2.05) is 78.9 Å². The third-order valence-electron chi connectivity index (χ3n) is 8.34. The van der Waals surface area contributed by atoms with Gasteiger partial charge < -0.3 is 9.47 Å². The van der Waals surface area contributed by atoms with Crippen LogP contribution in [-0.4, -0.2) is 24.6 Å². The third kappa shape index (κ3) is 7.24. The third-order valence-corrected chi connectivity index (χ3v) is 8.89. The second-order valence-corrected chi connectivity index (χ2v) is 13.8. The first-order valence-electron chi connectivity index (χ1n) is 15.6. The van der Waals surface area contributed by atoms with E-state index < -0.39 is 15.6 Å². The predicted octanol–water partition coefficient (Wildman–Crippen LogP) is 8.12. The van der Waals surface area contributed by atoms with Gasteiger partial charge in [-0.2, -0.15) is 0 Å². The molecule has 242 valence electrons. The zero-order valence-corrected chi connectivity index (χ0v) is 27.9. The summed E-state index contributed by atoms with van der Waals surface area (Å²) in [5.74, 6) is 1.45. The minimum atomic E-state index is -3.47. The van der Waals surface area contributed by atoms with Crippen LogP contribution in [0.25, 0.3) is 0 Å². The van der Waals surface area contributed by atoms with Gasteiger partial charge in [0.1, 0.15) is 18.1 Å². The van der Waals surface area contributed by atoms with Crippen molar-refractivity contribution in [3.63, 3.8) is 0 Å². The number of sulfonamides is 1. The predicted molar refractivity (Wildman–Crippen MR) is 190 cm³/mol. The van der Waals surface area contributed by atoms with Gasteiger partial charge >= 0.3 is 0 Å². The van der Waals surface area contributed by atoms with Gasteiger partial charge in [0.05, 0.1) is 11.9 Å². The molecule has 0 aliphatic carbocycles. The van der Waals surface area contributed by atoms with E-state index >= 15 is 0 Å². The van der Waals surface area contributed by atoms with E-state index in [1.165, 1.54) is 6.20 Å². The summed E-state index contributed by atoms with van der Waals surface area (Å²) < 4.78 is 38.3. The smallest absolute Gasteiger partial charge is 0.236 e. The molecule has 1 aromatic heterocycles. The molecule has 0 atom stereocenters. The summed E-state index contributed by atoms with van der Waals surface area (Å²) in [6.45, 7) is 4.55. The minimum absolute atomic E-state index is 0.0120. The molecule has 6 aromatic rings. The van der Waals surface area contributed by atoms with Crippen LogP contribution in [0.5, 0.6) is 11.5 Å². The van der Waals surface area contributed by atoms with Crippen molar-refractivity contribution >= 4 is 16.0 Å². The van der Waals surface area contributed by atoms with Gasteiger partial charge in [0.2, 0.25) is 16.0 Å². The fourth-order valence-corrected chi connectivity index (χ4v) is 6.22. The zero-order valence-electron chi connectivity index (χ0n) is 27.1. The highest BCUT2D eigenvalue weighted by molar-refractivity contribution is 7.91. The number of nitrogens with zero attached hydrogens (tertiary/aromatic N) is 2. The molecule has 6 rings (SSSR count). The lowest BCUT2D eigenvalue weighted by Gasteiger charge is -2.36. The van der Waals surface area contributed by atoms with E-state index in [0.29, 0.717) is 11.4 Å². The summed E-state index contributed by atoms with van der Waals surface area (Å²) in [5.41, 5.74) is 4.79. The summed E-state index contributed by atoms with van der Waals surface area (Å²) in [6, 6.07) is 49.1. The number of hydrogen-bond acceptors (Lipinski definition) is 6. The van der Waals surface area contributed by atoms with Crippen molar-refractivity contribution in [1.82, 2.24) is 9.97 Å². The lowest BCUT2D eigenvalue weighted by Crippen LogP contribution is -2.36. The molecule has 0 fully saturated rings. The summed E-state index contributed by atoms with van der Waals surface area (Å²) in [4.78, 5) is 8.16. The number of benzene rings is 5. The lowest BCUT2D eigenvalue weighted by molar-refractivity contribution is 0.155. The van der Waals surface area contributed by atoms with Gasteiger partial charge in [0.25, 0.3) is 0 Å². The van der Waals surface area contributed by atoms with Gasteiger partial charge in [-0.05, 0) is 41.5 Å². The summed E-state index contributed by atoms with van der Waals surface area (Å²) in [7, 11) is -3.47. The van der Waals surface area contributed by atoms with Gasteiger partial charge in [0, 0.05) is 28.3 Å². The van der Waals surface area contributed by atoms with Gasteiger partial charge in [0.15, 0.2) is 5.60 Å². The van der Waals surface area contributed by atoms with E-state index in [4.69, 9.17) is 9.47 Å². The molecule has 0 amide bonds. The maximum absolute atomic E-state index is 11.5. The molecule has 0 radical (unpaired) electrons. The molecular weight excluding hydrogens is 619 g/mol. The number of hydrogen-bond donors (Lipinski definition) is 1. The van der Waals surface area contributed by atoms with Crippen molar-refractivity contribution in [2.45, 2.75) is 31.5 Å². The SMILES string of the molecule is CC(C)(c1ccc(OCc2ccnc(NS(C)(=O)=O)n2)cc1)c1ccc(OC(c2ccccc2)(c2ccccc2)c2ccccc2)cc1. The highest BCUT2D eigenvalue weighted by Gasteiger charge is 2.39. The summed E-state index contributed by atoms with van der Waals surface area (Å²) in [5, 5.41) is 0. The van der Waals surface area contributed by atoms with Crippen LogP contribution in [-0.2, 0) is 27.6 Å². The van der Waals surface area contributed by atoms with E-state index in [-0.39, 0.29) is 18.0 Å². The van der Waals surface area contributed by atoms with Gasteiger partial charge in [-0.1, -0.05) is 129 Å². The summed E-state index contributed by atoms with van der Waals surface area (Å²) >= 11 is 0. The largest absolute Gasteiger partial charge is 0.487 e. The van der Waals surface area contributed by atoms with Crippen LogP contribution in [0.2, 0.25) is 0 Å². The monoisotopic (exact) mass is 655 g/mol. The molecule has 0 saturated carbocycles. The van der Waals surface area contributed by atoms with Gasteiger partial charge in [-0.3, -0.25) is 4.72 Å². The molecule has 0 saturated heterocycles. The Hall–Kier alpha value is -5.47. The van der Waals surface area contributed by atoms with Crippen LogP contribution >= 0.6 is 0 Å². The maximum atomic E-state index is 11.5. The van der Waals surface area contributed by atoms with Crippen molar-refractivity contribution in [1.29, 1.82) is 0 Å². The number of aromatic nitrogens is 2. The van der Waals surface area contributed by atoms with Crippen molar-refractivity contribution in [3.05, 3.63) is 185 Å². The first-order valence-corrected chi connectivity index (χ1v) is 17.5. The molecule has 0 bridgehead atoms. The highest BCUT2D eigenvalue weighted by Crippen LogP contribution is 2.42. The number of nitrogens with one attached hydrogen (secondary N) is 1. The van der Waals surface area contributed by atoms with Crippen LogP contribution < -0.4 is 14.2 Å². The van der Waals surface area contributed by atoms with E-state index in [1.54, 1.807) is 6.07 Å². The molecule has 0 aliphatic rings. The van der Waals surface area contributed by atoms with Gasteiger partial charge in [-0.25, -0.2) is 18.4 Å². The van der Waals surface area contributed by atoms with Gasteiger partial charge in [-0.15, -0.1) is 0 Å². The lowest BCUT2D eigenvalue weighted by atomic mass is 9.78. The Kier molecular flexibility index (Phi) is 9.28. The molecule has 0 unspecified atom stereocenters. The van der Waals surface area contributed by atoms with E-state index in [2.05, 4.69) is 89.2 Å². The molecule has 0 aliphatic heterocycles. The topological polar surface area (TPSA) is 90.4 Å². The summed E-state index contributed by atoms with van der Waals surface area (Å²) in [6.07, 6.45) is 2.55. The van der Waals surface area contributed by atoms with Crippen LogP contribution in [0.15, 0.2) is 152 Å². The van der Waals surface area contributed by atoms with Crippen molar-refractivity contribution < 1.29 is 17.9 Å². The molecular formula is C40H37N3O4S. The van der Waals surface area contributed by atoms with Crippen molar-refractivity contribution in [2.75, 3.05) is 11.0 Å². The molecule has 7 nitrogen and oxygen atoms in total. The quantitative estimate of drug-likeness (QED) is 0.134. The normalized spacial score (nSPS) is 11.9. The Labute approximate surface area is 282 Å². The molecule has 1 heterocycles. The zero-order chi connectivity index (χ0) is 33.6. The minimum Gasteiger partial charge on any atom is -0.487 e. The Bertz CT molecular complexity index is 1960. The number of anilines is 1. The average Bonchev–Trinajstić information content (AvgIpc) is 3.11. The number of ether oxygens (including phenoxy) is 2. The Morgan fingerprint density at radius 2 is 1.06 bits per heavy atom. The maximum Gasteiger partial charge on any atom is 0.236 e. The van der Waals surface area contributed by atoms with E-state index in [9.17, 15) is 8.42 Å². The Balaban J connectivity index is 1.22. The van der Waals surface area contributed by atoms with Crippen molar-refractivity contribution in [2.24, 2.45) is 0 Å². The molecule has 0 spiro atoms. The Morgan fingerprint density at radius 3 is 1.52 bits per heavy atom. The van der Waals surface area contributed by atoms with E-state index in [0.717, 1.165) is 39.8 Å². The second-order valence-electron chi connectivity index (χ2n) is 12.1. The molecule has 1 N–H and O–H groups in total. The standard InChI is InChI=1S/C40H37N3O4S/c1-39(2,30-19-23-36(24-20-30)46-29-35-27-28-41-38(42-35)43-48(3,44)45)31-21-25-37(26-22-31)47-40(32-13-7-4-8-14-32,33-15-9-5-10-16-33)34-17-11-6-12-18-34/h4-28H,29H2,1-3H3,(H,41,42,43). The molecule has 8 heteroatoms. The first-order chi connectivity index (χ1) is 23.1. The average molecular weight is 656 g/mol. The fourth-order valence-electron chi connectivity index (χ4n) is 5.80. The fraction of sp³-hybridized carbons (Fsp3) is 0.150. The van der Waals surface area contributed by atoms with Crippen molar-refractivity contribution in [3.8, 4) is 11.5 Å². The Morgan fingerprint density at radius 1 is 0.604 bits per heavy atom. The first kappa shape index (κ1) is 32.5. The van der Waals surface area contributed by atoms with Crippen LogP contribution in [0.4, 0.5) is 5.95 Å². The second kappa shape index (κ2) is 13.7. The highest BCUT2D eigenvalue weighted by atomic mass is 32.2. The van der Waals surface area contributed by atoms with Crippen LogP contribution in [0, 0.1) is 0 Å². The number of rotatable bonds is 12. The molecule has 48 heavy (non-hydrogen) atoms. The molecule has 5 aromatic carbocycles.